The normalized spacial score (nSPS) is 16.1. The molecule has 1 aromatic carbocycles. The van der Waals surface area contributed by atoms with Gasteiger partial charge >= 0.3 is 29.6 Å². The molecule has 1 saturated heterocycles. The van der Waals surface area contributed by atoms with Crippen molar-refractivity contribution >= 4 is 29.2 Å². The second kappa shape index (κ2) is 9.28. The van der Waals surface area contributed by atoms with Crippen LogP contribution >= 0.6 is 0 Å². The van der Waals surface area contributed by atoms with E-state index in [0.717, 1.165) is 6.07 Å². The first-order valence-electron chi connectivity index (χ1n) is 7.56. The maximum Gasteiger partial charge on any atom is 1.00 e. The van der Waals surface area contributed by atoms with Crippen molar-refractivity contribution in [3.8, 4) is 0 Å². The van der Waals surface area contributed by atoms with Crippen LogP contribution in [0.5, 0.6) is 0 Å². The fraction of sp³-hybridized carbons (Fsp3) is 0.438. The molecular formula is C16H18FN2NaO5. The Morgan fingerprint density at radius 3 is 2.52 bits per heavy atom. The zero-order chi connectivity index (χ0) is 17.9. The summed E-state index contributed by atoms with van der Waals surface area (Å²) in [4.78, 5) is 35.6. The molecule has 1 aliphatic heterocycles. The van der Waals surface area contributed by atoms with Gasteiger partial charge in [-0.05, 0) is 38.5 Å². The number of anilines is 2. The quantitative estimate of drug-likeness (QED) is 0.563. The number of hydrogen-bond donors (Lipinski definition) is 1. The maximum atomic E-state index is 14.2. The zero-order valence-corrected chi connectivity index (χ0v) is 16.4. The molecule has 1 N–H and O–H groups in total. The monoisotopic (exact) mass is 360 g/mol. The largest absolute Gasteiger partial charge is 1.00 e. The van der Waals surface area contributed by atoms with Crippen molar-refractivity contribution in [1.82, 2.24) is 0 Å². The fourth-order valence-corrected chi connectivity index (χ4v) is 2.37. The third-order valence-corrected chi connectivity index (χ3v) is 3.69. The second-order valence-corrected chi connectivity index (χ2v) is 5.54. The Morgan fingerprint density at radius 1 is 1.32 bits per heavy atom. The second-order valence-electron chi connectivity index (χ2n) is 5.54. The van der Waals surface area contributed by atoms with Crippen molar-refractivity contribution in [3.63, 3.8) is 0 Å². The molecule has 7 nitrogen and oxygen atoms in total. The predicted octanol–water partition coefficient (Wildman–Crippen LogP) is -2.56. The topological polar surface area (TPSA) is 98.8 Å². The Bertz CT molecular complexity index is 670. The number of hydrogen-bond acceptors (Lipinski definition) is 5. The Labute approximate surface area is 166 Å². The summed E-state index contributed by atoms with van der Waals surface area (Å²) in [6.45, 7) is 3.09. The van der Waals surface area contributed by atoms with Crippen LogP contribution < -0.4 is 44.9 Å². The molecule has 2 rings (SSSR count). The molecule has 0 aromatic heterocycles. The van der Waals surface area contributed by atoms with E-state index in [-0.39, 0.29) is 46.8 Å². The molecule has 0 spiro atoms. The summed E-state index contributed by atoms with van der Waals surface area (Å²) in [5.41, 5.74) is 0.356. The van der Waals surface area contributed by atoms with Gasteiger partial charge in [0.15, 0.2) is 0 Å². The number of benzene rings is 1. The van der Waals surface area contributed by atoms with Crippen molar-refractivity contribution in [2.45, 2.75) is 38.9 Å². The first kappa shape index (κ1) is 21.6. The molecule has 0 aliphatic carbocycles. The van der Waals surface area contributed by atoms with Crippen LogP contribution in [-0.4, -0.2) is 36.5 Å². The van der Waals surface area contributed by atoms with Crippen LogP contribution in [0.3, 0.4) is 0 Å². The van der Waals surface area contributed by atoms with Gasteiger partial charge in [0.25, 0.3) is 5.91 Å². The number of carboxylic acids is 1. The van der Waals surface area contributed by atoms with Crippen LogP contribution in [0.15, 0.2) is 18.2 Å². The van der Waals surface area contributed by atoms with E-state index in [9.17, 15) is 23.9 Å². The molecule has 0 bridgehead atoms. The van der Waals surface area contributed by atoms with Crippen LogP contribution in [-0.2, 0) is 19.1 Å². The summed E-state index contributed by atoms with van der Waals surface area (Å²) in [6, 6.07) is 3.99. The first-order valence-corrected chi connectivity index (χ1v) is 7.56. The molecule has 2 unspecified atom stereocenters. The smallest absolute Gasteiger partial charge is 0.547 e. The van der Waals surface area contributed by atoms with Gasteiger partial charge in [-0.25, -0.2) is 4.39 Å². The van der Waals surface area contributed by atoms with Crippen molar-refractivity contribution in [1.29, 1.82) is 0 Å². The number of halogens is 1. The summed E-state index contributed by atoms with van der Waals surface area (Å²) < 4.78 is 19.2. The number of carboxylic acid groups (broad SMARTS) is 1. The van der Waals surface area contributed by atoms with E-state index < -0.39 is 29.9 Å². The van der Waals surface area contributed by atoms with Crippen molar-refractivity contribution < 1.29 is 58.2 Å². The maximum absolute atomic E-state index is 14.2. The van der Waals surface area contributed by atoms with Gasteiger partial charge in [-0.3, -0.25) is 9.59 Å². The van der Waals surface area contributed by atoms with Crippen LogP contribution in [0.4, 0.5) is 15.8 Å². The third-order valence-electron chi connectivity index (χ3n) is 3.69. The zero-order valence-electron chi connectivity index (χ0n) is 14.4. The molecular weight excluding hydrogens is 342 g/mol. The van der Waals surface area contributed by atoms with Gasteiger partial charge in [0, 0.05) is 18.7 Å². The van der Waals surface area contributed by atoms with Crippen LogP contribution in [0.25, 0.3) is 0 Å². The van der Waals surface area contributed by atoms with E-state index in [4.69, 9.17) is 4.74 Å². The van der Waals surface area contributed by atoms with Crippen molar-refractivity contribution in [2.24, 2.45) is 0 Å². The molecule has 2 amide bonds. The van der Waals surface area contributed by atoms with Crippen molar-refractivity contribution in [3.05, 3.63) is 24.0 Å². The van der Waals surface area contributed by atoms with Gasteiger partial charge in [-0.1, -0.05) is 0 Å². The third kappa shape index (κ3) is 5.50. The number of nitrogens with one attached hydrogen (secondary N) is 1. The number of rotatable bonds is 6. The van der Waals surface area contributed by atoms with Crippen molar-refractivity contribution in [2.75, 3.05) is 16.8 Å². The molecule has 9 heteroatoms. The van der Waals surface area contributed by atoms with E-state index in [0.29, 0.717) is 19.4 Å². The van der Waals surface area contributed by atoms with Gasteiger partial charge in [0.05, 0.1) is 17.8 Å². The van der Waals surface area contributed by atoms with Crippen LogP contribution in [0.2, 0.25) is 0 Å². The van der Waals surface area contributed by atoms with Gasteiger partial charge < -0.3 is 24.9 Å². The molecule has 1 fully saturated rings. The van der Waals surface area contributed by atoms with Gasteiger partial charge in [0.1, 0.15) is 11.9 Å². The molecule has 2 atom stereocenters. The number of aliphatic carboxylic acids is 1. The summed E-state index contributed by atoms with van der Waals surface area (Å²) >= 11 is 0. The minimum Gasteiger partial charge on any atom is -0.547 e. The molecule has 25 heavy (non-hydrogen) atoms. The Hall–Kier alpha value is -1.48. The first-order chi connectivity index (χ1) is 11.3. The molecule has 0 radical (unpaired) electrons. The average Bonchev–Trinajstić information content (AvgIpc) is 2.93. The Balaban J connectivity index is 0.00000312. The summed E-state index contributed by atoms with van der Waals surface area (Å²) in [7, 11) is 0. The van der Waals surface area contributed by atoms with E-state index in [1.54, 1.807) is 0 Å². The molecule has 1 heterocycles. The van der Waals surface area contributed by atoms with Gasteiger partial charge in [0.2, 0.25) is 5.91 Å². The van der Waals surface area contributed by atoms with E-state index in [1.165, 1.54) is 30.9 Å². The fourth-order valence-electron chi connectivity index (χ4n) is 2.37. The number of ether oxygens (including phenoxy) is 1. The minimum atomic E-state index is -1.43. The molecule has 130 valence electrons. The van der Waals surface area contributed by atoms with Gasteiger partial charge in [-0.2, -0.15) is 0 Å². The van der Waals surface area contributed by atoms with E-state index >= 15 is 0 Å². The average molecular weight is 360 g/mol. The number of carbonyl (C=O) groups is 3. The van der Waals surface area contributed by atoms with E-state index in [1.807, 2.05) is 0 Å². The standard InChI is InChI=1S/C16H19FN2O5.Na/c1-9(24-10(2)16(22)23)15(21)18-11-5-6-13(12(17)8-11)19-7-3-4-14(19)20;/h5-6,8-10H,3-4,7H2,1-2H3,(H,18,21)(H,22,23);/q;+1/p-1. The Kier molecular flexibility index (Phi) is 8.01. The molecule has 0 saturated carbocycles. The molecule has 1 aromatic rings. The number of carbonyl (C=O) groups excluding carboxylic acids is 3. The SMILES string of the molecule is CC(OC(C)C(=O)Nc1ccc(N2CCCC2=O)c(F)c1)C(=O)[O-].[Na+]. The van der Waals surface area contributed by atoms with E-state index in [2.05, 4.69) is 5.32 Å². The summed E-state index contributed by atoms with van der Waals surface area (Å²) in [5, 5.41) is 13.0. The summed E-state index contributed by atoms with van der Waals surface area (Å²) in [6.07, 6.45) is -1.22. The van der Waals surface area contributed by atoms with Crippen LogP contribution in [0.1, 0.15) is 26.7 Å². The molecule has 1 aliphatic rings. The Morgan fingerprint density at radius 2 is 2.00 bits per heavy atom. The number of nitrogens with zero attached hydrogens (tertiary/aromatic N) is 1. The minimum absolute atomic E-state index is 0. The summed E-state index contributed by atoms with van der Waals surface area (Å²) in [5.74, 6) is -2.81. The number of amides is 2. The van der Waals surface area contributed by atoms with Crippen LogP contribution in [0, 0.1) is 5.82 Å². The predicted molar refractivity (Wildman–Crippen MR) is 81.6 cm³/mol. The van der Waals surface area contributed by atoms with Gasteiger partial charge in [-0.15, -0.1) is 0 Å².